The van der Waals surface area contributed by atoms with Gasteiger partial charge in [-0.15, -0.1) is 0 Å². The maximum atomic E-state index is 13.5. The fourth-order valence-corrected chi connectivity index (χ4v) is 3.12. The van der Waals surface area contributed by atoms with Crippen LogP contribution in [0.25, 0.3) is 0 Å². The molecule has 0 saturated carbocycles. The third-order valence-electron chi connectivity index (χ3n) is 2.73. The van der Waals surface area contributed by atoms with Crippen LogP contribution in [-0.2, 0) is 10.0 Å². The minimum atomic E-state index is -4.16. The minimum absolute atomic E-state index is 0.0847. The van der Waals surface area contributed by atoms with Crippen molar-refractivity contribution < 1.29 is 22.3 Å². The Bertz CT molecular complexity index is 532. The summed E-state index contributed by atoms with van der Waals surface area (Å²) in [6.45, 7) is 3.34. The van der Waals surface area contributed by atoms with Gasteiger partial charge in [0.25, 0.3) is 0 Å². The highest BCUT2D eigenvalue weighted by molar-refractivity contribution is 7.89. The van der Waals surface area contributed by atoms with E-state index in [0.717, 1.165) is 12.1 Å². The summed E-state index contributed by atoms with van der Waals surface area (Å²) >= 11 is 0. The van der Waals surface area contributed by atoms with Crippen molar-refractivity contribution in [1.29, 1.82) is 0 Å². The highest BCUT2D eigenvalue weighted by Crippen LogP contribution is 2.18. The van der Waals surface area contributed by atoms with Crippen LogP contribution in [0.2, 0.25) is 0 Å². The molecule has 0 radical (unpaired) electrons. The van der Waals surface area contributed by atoms with E-state index in [2.05, 4.69) is 4.72 Å². The molecule has 1 aromatic rings. The zero-order valence-corrected chi connectivity index (χ0v) is 11.5. The molecule has 0 aliphatic heterocycles. The number of halogens is 2. The molecule has 1 unspecified atom stereocenters. The fraction of sp³-hybridized carbons (Fsp3) is 0.500. The smallest absolute Gasteiger partial charge is 0.243 e. The molecule has 1 aromatic carbocycles. The van der Waals surface area contributed by atoms with Gasteiger partial charge in [0.05, 0.1) is 0 Å². The summed E-state index contributed by atoms with van der Waals surface area (Å²) < 4.78 is 52.8. The number of hydrogen-bond acceptors (Lipinski definition) is 3. The second-order valence-electron chi connectivity index (χ2n) is 4.56. The maximum Gasteiger partial charge on any atom is 0.243 e. The molecule has 0 aliphatic carbocycles. The largest absolute Gasteiger partial charge is 0.396 e. The van der Waals surface area contributed by atoms with Gasteiger partial charge >= 0.3 is 0 Å². The van der Waals surface area contributed by atoms with Crippen molar-refractivity contribution in [2.24, 2.45) is 5.92 Å². The molecule has 0 amide bonds. The molecule has 19 heavy (non-hydrogen) atoms. The Morgan fingerprint density at radius 2 is 1.95 bits per heavy atom. The lowest BCUT2D eigenvalue weighted by Crippen LogP contribution is -2.39. The fourth-order valence-electron chi connectivity index (χ4n) is 1.61. The summed E-state index contributed by atoms with van der Waals surface area (Å²) in [5, 5.41) is 8.88. The first-order valence-electron chi connectivity index (χ1n) is 5.86. The number of nitrogens with one attached hydrogen (secondary N) is 1. The van der Waals surface area contributed by atoms with Gasteiger partial charge in [0, 0.05) is 12.6 Å². The Kier molecular flexibility index (Phi) is 5.39. The van der Waals surface area contributed by atoms with Gasteiger partial charge < -0.3 is 5.11 Å². The quantitative estimate of drug-likeness (QED) is 0.838. The molecule has 2 N–H and O–H groups in total. The number of benzene rings is 1. The number of sulfonamides is 1. The van der Waals surface area contributed by atoms with Crippen molar-refractivity contribution in [3.05, 3.63) is 29.8 Å². The number of hydrogen-bond donors (Lipinski definition) is 2. The Hall–Kier alpha value is -1.05. The normalized spacial score (nSPS) is 13.8. The van der Waals surface area contributed by atoms with Crippen LogP contribution in [0, 0.1) is 17.6 Å². The molecule has 4 nitrogen and oxygen atoms in total. The maximum absolute atomic E-state index is 13.5. The molecular formula is C12H17F2NO3S. The first-order chi connectivity index (χ1) is 8.77. The van der Waals surface area contributed by atoms with Gasteiger partial charge in [0.1, 0.15) is 16.5 Å². The summed E-state index contributed by atoms with van der Waals surface area (Å²) in [6, 6.07) is 1.70. The average molecular weight is 293 g/mol. The number of aliphatic hydroxyl groups excluding tert-OH is 1. The van der Waals surface area contributed by atoms with E-state index in [1.54, 1.807) is 13.8 Å². The zero-order valence-electron chi connectivity index (χ0n) is 10.7. The van der Waals surface area contributed by atoms with Crippen LogP contribution in [0.15, 0.2) is 23.1 Å². The van der Waals surface area contributed by atoms with E-state index >= 15 is 0 Å². The molecule has 1 rings (SSSR count). The van der Waals surface area contributed by atoms with Gasteiger partial charge in [-0.1, -0.05) is 13.8 Å². The van der Waals surface area contributed by atoms with Gasteiger partial charge in [0.15, 0.2) is 0 Å². The van der Waals surface area contributed by atoms with Crippen molar-refractivity contribution >= 4 is 10.0 Å². The predicted octanol–water partition coefficient (Wildman–Crippen LogP) is 1.65. The number of aliphatic hydroxyl groups is 1. The van der Waals surface area contributed by atoms with E-state index < -0.39 is 32.6 Å². The van der Waals surface area contributed by atoms with Gasteiger partial charge in [-0.3, -0.25) is 0 Å². The minimum Gasteiger partial charge on any atom is -0.396 e. The summed E-state index contributed by atoms with van der Waals surface area (Å²) in [5.41, 5.74) is 0. The van der Waals surface area contributed by atoms with Crippen LogP contribution in [0.1, 0.15) is 20.3 Å². The zero-order chi connectivity index (χ0) is 14.6. The van der Waals surface area contributed by atoms with E-state index in [0.29, 0.717) is 6.07 Å². The van der Waals surface area contributed by atoms with Crippen molar-refractivity contribution in [3.8, 4) is 0 Å². The van der Waals surface area contributed by atoms with E-state index in [-0.39, 0.29) is 18.9 Å². The van der Waals surface area contributed by atoms with Gasteiger partial charge in [0.2, 0.25) is 10.0 Å². The summed E-state index contributed by atoms with van der Waals surface area (Å²) in [7, 11) is -4.16. The molecule has 0 aromatic heterocycles. The first-order valence-corrected chi connectivity index (χ1v) is 7.34. The molecule has 0 bridgehead atoms. The SMILES string of the molecule is CC(C)C(CCO)NS(=O)(=O)c1cc(F)ccc1F. The van der Waals surface area contributed by atoms with E-state index in [9.17, 15) is 17.2 Å². The van der Waals surface area contributed by atoms with Crippen LogP contribution in [0.5, 0.6) is 0 Å². The van der Waals surface area contributed by atoms with Crippen LogP contribution in [-0.4, -0.2) is 26.2 Å². The van der Waals surface area contributed by atoms with Crippen molar-refractivity contribution in [1.82, 2.24) is 4.72 Å². The standard InChI is InChI=1S/C12H17F2NO3S/c1-8(2)11(5-6-16)15-19(17,18)12-7-9(13)3-4-10(12)14/h3-4,7-8,11,15-16H,5-6H2,1-2H3. The Labute approximate surface area is 111 Å². The van der Waals surface area contributed by atoms with Gasteiger partial charge in [-0.05, 0) is 30.5 Å². The molecule has 0 spiro atoms. The number of rotatable bonds is 6. The topological polar surface area (TPSA) is 66.4 Å². The summed E-state index contributed by atoms with van der Waals surface area (Å²) in [5.74, 6) is -1.93. The second-order valence-corrected chi connectivity index (χ2v) is 6.24. The highest BCUT2D eigenvalue weighted by Gasteiger charge is 2.25. The van der Waals surface area contributed by atoms with Crippen molar-refractivity contribution in [2.45, 2.75) is 31.2 Å². The average Bonchev–Trinajstić information content (AvgIpc) is 2.31. The molecule has 0 saturated heterocycles. The molecular weight excluding hydrogens is 276 g/mol. The highest BCUT2D eigenvalue weighted by atomic mass is 32.2. The third-order valence-corrected chi connectivity index (χ3v) is 4.24. The Balaban J connectivity index is 3.06. The van der Waals surface area contributed by atoms with Crippen molar-refractivity contribution in [3.63, 3.8) is 0 Å². The predicted molar refractivity (Wildman–Crippen MR) is 67.0 cm³/mol. The second kappa shape index (κ2) is 6.40. The monoisotopic (exact) mass is 293 g/mol. The van der Waals surface area contributed by atoms with Crippen LogP contribution >= 0.6 is 0 Å². The Morgan fingerprint density at radius 1 is 1.32 bits per heavy atom. The van der Waals surface area contributed by atoms with Crippen molar-refractivity contribution in [2.75, 3.05) is 6.61 Å². The van der Waals surface area contributed by atoms with E-state index in [4.69, 9.17) is 5.11 Å². The Morgan fingerprint density at radius 3 is 2.47 bits per heavy atom. The lowest BCUT2D eigenvalue weighted by molar-refractivity contribution is 0.255. The first kappa shape index (κ1) is 16.0. The molecule has 7 heteroatoms. The molecule has 108 valence electrons. The van der Waals surface area contributed by atoms with Crippen LogP contribution in [0.3, 0.4) is 0 Å². The third kappa shape index (κ3) is 4.22. The van der Waals surface area contributed by atoms with Crippen LogP contribution < -0.4 is 4.72 Å². The summed E-state index contributed by atoms with van der Waals surface area (Å²) in [4.78, 5) is -0.726. The van der Waals surface area contributed by atoms with Gasteiger partial charge in [-0.2, -0.15) is 0 Å². The lowest BCUT2D eigenvalue weighted by Gasteiger charge is -2.21. The lowest BCUT2D eigenvalue weighted by atomic mass is 10.0. The van der Waals surface area contributed by atoms with E-state index in [1.165, 1.54) is 0 Å². The summed E-state index contributed by atoms with van der Waals surface area (Å²) in [6.07, 6.45) is 0.202. The molecule has 1 atom stereocenters. The molecule has 0 heterocycles. The molecule has 0 fully saturated rings. The molecule has 0 aliphatic rings. The van der Waals surface area contributed by atoms with E-state index in [1.807, 2.05) is 0 Å². The van der Waals surface area contributed by atoms with Gasteiger partial charge in [-0.25, -0.2) is 21.9 Å². The van der Waals surface area contributed by atoms with Crippen LogP contribution in [0.4, 0.5) is 8.78 Å².